The van der Waals surface area contributed by atoms with Crippen LogP contribution in [0.1, 0.15) is 26.7 Å². The van der Waals surface area contributed by atoms with Gasteiger partial charge >= 0.3 is 5.97 Å². The predicted molar refractivity (Wildman–Crippen MR) is 47.4 cm³/mol. The molecule has 1 saturated heterocycles. The number of nitrogens with one attached hydrogen (secondary N) is 1. The Morgan fingerprint density at radius 3 is 2.62 bits per heavy atom. The Kier molecular flexibility index (Phi) is 2.61. The van der Waals surface area contributed by atoms with Crippen molar-refractivity contribution in [3.63, 3.8) is 0 Å². The van der Waals surface area contributed by atoms with Crippen LogP contribution >= 0.6 is 0 Å². The van der Waals surface area contributed by atoms with E-state index in [0.29, 0.717) is 12.8 Å². The van der Waals surface area contributed by atoms with Gasteiger partial charge in [-0.25, -0.2) is 4.39 Å². The molecule has 1 heterocycles. The molecule has 1 aliphatic heterocycles. The van der Waals surface area contributed by atoms with Gasteiger partial charge in [0.05, 0.1) is 5.41 Å². The lowest BCUT2D eigenvalue weighted by molar-refractivity contribution is -0.158. The highest BCUT2D eigenvalue weighted by molar-refractivity contribution is 5.75. The van der Waals surface area contributed by atoms with Crippen molar-refractivity contribution < 1.29 is 14.3 Å². The SMILES string of the molecule is CC(C)(C(=O)O)C1(F)CCCNC1. The molecule has 1 unspecified atom stereocenters. The van der Waals surface area contributed by atoms with E-state index in [-0.39, 0.29) is 6.54 Å². The average molecular weight is 189 g/mol. The molecule has 0 amide bonds. The Labute approximate surface area is 77.3 Å². The van der Waals surface area contributed by atoms with Gasteiger partial charge < -0.3 is 10.4 Å². The van der Waals surface area contributed by atoms with E-state index in [4.69, 9.17) is 5.11 Å². The van der Waals surface area contributed by atoms with E-state index in [1.54, 1.807) is 0 Å². The summed E-state index contributed by atoms with van der Waals surface area (Å²) in [5, 5.41) is 11.8. The van der Waals surface area contributed by atoms with Crippen molar-refractivity contribution in [2.45, 2.75) is 32.4 Å². The summed E-state index contributed by atoms with van der Waals surface area (Å²) in [6.45, 7) is 3.82. The van der Waals surface area contributed by atoms with E-state index < -0.39 is 17.1 Å². The van der Waals surface area contributed by atoms with E-state index in [1.807, 2.05) is 0 Å². The van der Waals surface area contributed by atoms with Crippen LogP contribution in [0.25, 0.3) is 0 Å². The number of hydrogen-bond donors (Lipinski definition) is 2. The number of carbonyl (C=O) groups is 1. The summed E-state index contributed by atoms with van der Waals surface area (Å²) in [5.74, 6) is -1.07. The largest absolute Gasteiger partial charge is 0.481 e. The van der Waals surface area contributed by atoms with Gasteiger partial charge in [-0.3, -0.25) is 4.79 Å². The number of carboxylic acid groups (broad SMARTS) is 1. The number of rotatable bonds is 2. The third-order valence-corrected chi connectivity index (χ3v) is 2.99. The van der Waals surface area contributed by atoms with Gasteiger partial charge in [-0.15, -0.1) is 0 Å². The van der Waals surface area contributed by atoms with E-state index in [1.165, 1.54) is 13.8 Å². The molecule has 1 aliphatic rings. The molecule has 0 aliphatic carbocycles. The minimum absolute atomic E-state index is 0.145. The first-order valence-electron chi connectivity index (χ1n) is 4.53. The molecule has 0 spiro atoms. The maximum absolute atomic E-state index is 14.2. The van der Waals surface area contributed by atoms with Crippen LogP contribution < -0.4 is 5.32 Å². The number of hydrogen-bond acceptors (Lipinski definition) is 2. The lowest BCUT2D eigenvalue weighted by Gasteiger charge is -2.40. The first kappa shape index (κ1) is 10.4. The number of aliphatic carboxylic acids is 1. The zero-order valence-corrected chi connectivity index (χ0v) is 8.06. The summed E-state index contributed by atoms with van der Waals surface area (Å²) in [4.78, 5) is 10.9. The highest BCUT2D eigenvalue weighted by Gasteiger charge is 2.51. The topological polar surface area (TPSA) is 49.3 Å². The first-order chi connectivity index (χ1) is 5.90. The van der Waals surface area contributed by atoms with Crippen LogP contribution in [0, 0.1) is 5.41 Å². The van der Waals surface area contributed by atoms with Crippen LogP contribution in [0.2, 0.25) is 0 Å². The Hall–Kier alpha value is -0.640. The average Bonchev–Trinajstić information content (AvgIpc) is 2.05. The van der Waals surface area contributed by atoms with Gasteiger partial charge in [0.25, 0.3) is 0 Å². The molecular formula is C9H16FNO2. The molecule has 4 heteroatoms. The van der Waals surface area contributed by atoms with Gasteiger partial charge in [-0.2, -0.15) is 0 Å². The fraction of sp³-hybridized carbons (Fsp3) is 0.889. The number of halogens is 1. The van der Waals surface area contributed by atoms with Gasteiger partial charge in [0.1, 0.15) is 5.67 Å². The highest BCUT2D eigenvalue weighted by atomic mass is 19.1. The van der Waals surface area contributed by atoms with Crippen LogP contribution in [0.3, 0.4) is 0 Å². The van der Waals surface area contributed by atoms with Crippen LogP contribution in [-0.2, 0) is 4.79 Å². The molecule has 76 valence electrons. The summed E-state index contributed by atoms with van der Waals surface area (Å²) in [6.07, 6.45) is 1.03. The Bertz CT molecular complexity index is 210. The second-order valence-corrected chi connectivity index (χ2v) is 4.18. The molecule has 0 aromatic rings. The normalized spacial score (nSPS) is 30.1. The summed E-state index contributed by atoms with van der Waals surface area (Å²) < 4.78 is 14.2. The molecule has 2 N–H and O–H groups in total. The van der Waals surface area contributed by atoms with Gasteiger partial charge in [-0.1, -0.05) is 0 Å². The fourth-order valence-electron chi connectivity index (χ4n) is 1.59. The van der Waals surface area contributed by atoms with Crippen molar-refractivity contribution in [1.82, 2.24) is 5.32 Å². The molecule has 1 rings (SSSR count). The van der Waals surface area contributed by atoms with Crippen LogP contribution in [0.15, 0.2) is 0 Å². The van der Waals surface area contributed by atoms with Crippen molar-refractivity contribution in [2.75, 3.05) is 13.1 Å². The molecular weight excluding hydrogens is 173 g/mol. The van der Waals surface area contributed by atoms with E-state index >= 15 is 0 Å². The molecule has 1 atom stereocenters. The molecule has 0 aromatic heterocycles. The van der Waals surface area contributed by atoms with Crippen molar-refractivity contribution in [1.29, 1.82) is 0 Å². The smallest absolute Gasteiger partial charge is 0.312 e. The second kappa shape index (κ2) is 3.25. The summed E-state index contributed by atoms with van der Waals surface area (Å²) in [6, 6.07) is 0. The van der Waals surface area contributed by atoms with Gasteiger partial charge in [0.2, 0.25) is 0 Å². The zero-order chi connectivity index (χ0) is 10.1. The highest BCUT2D eigenvalue weighted by Crippen LogP contribution is 2.39. The van der Waals surface area contributed by atoms with E-state index in [2.05, 4.69) is 5.32 Å². The van der Waals surface area contributed by atoms with Gasteiger partial charge in [0.15, 0.2) is 0 Å². The van der Waals surface area contributed by atoms with E-state index in [0.717, 1.165) is 6.54 Å². The quantitative estimate of drug-likeness (QED) is 0.686. The van der Waals surface area contributed by atoms with Gasteiger partial charge in [0, 0.05) is 6.54 Å². The molecule has 0 aromatic carbocycles. The summed E-state index contributed by atoms with van der Waals surface area (Å²) >= 11 is 0. The minimum atomic E-state index is -1.61. The van der Waals surface area contributed by atoms with Gasteiger partial charge in [-0.05, 0) is 33.2 Å². The van der Waals surface area contributed by atoms with Crippen molar-refractivity contribution in [3.05, 3.63) is 0 Å². The Morgan fingerprint density at radius 2 is 2.23 bits per heavy atom. The summed E-state index contributed by atoms with van der Waals surface area (Å²) in [5.41, 5.74) is -2.92. The molecule has 13 heavy (non-hydrogen) atoms. The molecule has 0 saturated carbocycles. The minimum Gasteiger partial charge on any atom is -0.481 e. The van der Waals surface area contributed by atoms with Crippen molar-refractivity contribution in [3.8, 4) is 0 Å². The number of piperidine rings is 1. The van der Waals surface area contributed by atoms with Crippen molar-refractivity contribution >= 4 is 5.97 Å². The number of carboxylic acids is 1. The molecule has 3 nitrogen and oxygen atoms in total. The Morgan fingerprint density at radius 1 is 1.62 bits per heavy atom. The lowest BCUT2D eigenvalue weighted by atomic mass is 9.72. The third kappa shape index (κ3) is 1.68. The fourth-order valence-corrected chi connectivity index (χ4v) is 1.59. The molecule has 0 bridgehead atoms. The first-order valence-corrected chi connectivity index (χ1v) is 4.53. The van der Waals surface area contributed by atoms with E-state index in [9.17, 15) is 9.18 Å². The summed E-state index contributed by atoms with van der Waals surface area (Å²) in [7, 11) is 0. The second-order valence-electron chi connectivity index (χ2n) is 4.18. The monoisotopic (exact) mass is 189 g/mol. The maximum Gasteiger partial charge on any atom is 0.312 e. The third-order valence-electron chi connectivity index (χ3n) is 2.99. The molecule has 0 radical (unpaired) electrons. The number of alkyl halides is 1. The van der Waals surface area contributed by atoms with Crippen LogP contribution in [-0.4, -0.2) is 29.8 Å². The van der Waals surface area contributed by atoms with Crippen molar-refractivity contribution in [2.24, 2.45) is 5.41 Å². The van der Waals surface area contributed by atoms with Crippen LogP contribution in [0.5, 0.6) is 0 Å². The maximum atomic E-state index is 14.2. The zero-order valence-electron chi connectivity index (χ0n) is 8.06. The standard InChI is InChI=1S/C9H16FNO2/c1-8(2,7(12)13)9(10)4-3-5-11-6-9/h11H,3-6H2,1-2H3,(H,12,13). The van der Waals surface area contributed by atoms with Crippen LogP contribution in [0.4, 0.5) is 4.39 Å². The molecule has 1 fully saturated rings. The predicted octanol–water partition coefficient (Wildman–Crippen LogP) is 1.19. The lowest BCUT2D eigenvalue weighted by Crippen LogP contribution is -2.55. The Balaban J connectivity index is 2.82.